The third kappa shape index (κ3) is 1.32. The van der Waals surface area contributed by atoms with E-state index in [9.17, 15) is 0 Å². The molecule has 0 amide bonds. The summed E-state index contributed by atoms with van der Waals surface area (Å²) in [7, 11) is 0. The Kier molecular flexibility index (Phi) is 1.88. The van der Waals surface area contributed by atoms with E-state index < -0.39 is 6.29 Å². The van der Waals surface area contributed by atoms with Crippen LogP contribution in [0.25, 0.3) is 0 Å². The monoisotopic (exact) mass is 128 g/mol. The van der Waals surface area contributed by atoms with E-state index in [0.717, 1.165) is 12.0 Å². The lowest BCUT2D eigenvalue weighted by Gasteiger charge is -2.01. The van der Waals surface area contributed by atoms with Crippen LogP contribution in [0.15, 0.2) is 11.6 Å². The van der Waals surface area contributed by atoms with Gasteiger partial charge in [0.25, 0.3) is 0 Å². The fraction of sp³-hybridized carbons (Fsp3) is 0.714. The summed E-state index contributed by atoms with van der Waals surface area (Å²) in [6.45, 7) is 3.87. The fourth-order valence-electron chi connectivity index (χ4n) is 1.05. The summed E-state index contributed by atoms with van der Waals surface area (Å²) in [5.41, 5.74) is 1.00. The highest BCUT2D eigenvalue weighted by Crippen LogP contribution is 2.22. The molecule has 2 atom stereocenters. The number of aliphatic hydroxyl groups excluding tert-OH is 1. The quantitative estimate of drug-likeness (QED) is 0.494. The van der Waals surface area contributed by atoms with E-state index in [0.29, 0.717) is 0 Å². The molecule has 1 fully saturated rings. The minimum Gasteiger partial charge on any atom is -0.364 e. The van der Waals surface area contributed by atoms with Crippen LogP contribution in [0.4, 0.5) is 0 Å². The lowest BCUT2D eigenvalue weighted by Crippen LogP contribution is -2.06. The number of hydrogen-bond acceptors (Lipinski definition) is 2. The van der Waals surface area contributed by atoms with Gasteiger partial charge < -0.3 is 9.84 Å². The summed E-state index contributed by atoms with van der Waals surface area (Å²) in [6, 6.07) is 0. The van der Waals surface area contributed by atoms with Crippen LogP contribution in [0.1, 0.15) is 20.3 Å². The molecular formula is C7H12O2. The second-order valence-corrected chi connectivity index (χ2v) is 2.37. The van der Waals surface area contributed by atoms with Gasteiger partial charge >= 0.3 is 0 Å². The topological polar surface area (TPSA) is 29.5 Å². The average Bonchev–Trinajstić information content (AvgIpc) is 2.10. The summed E-state index contributed by atoms with van der Waals surface area (Å²) in [5.74, 6) is 0. The Morgan fingerprint density at radius 1 is 1.78 bits per heavy atom. The van der Waals surface area contributed by atoms with Gasteiger partial charge in [0, 0.05) is 0 Å². The van der Waals surface area contributed by atoms with Crippen molar-refractivity contribution in [3.8, 4) is 0 Å². The summed E-state index contributed by atoms with van der Waals surface area (Å²) >= 11 is 0. The Morgan fingerprint density at radius 3 is 2.67 bits per heavy atom. The lowest BCUT2D eigenvalue weighted by molar-refractivity contribution is -0.0697. The molecule has 2 nitrogen and oxygen atoms in total. The first-order valence-electron chi connectivity index (χ1n) is 3.22. The molecule has 2 unspecified atom stereocenters. The van der Waals surface area contributed by atoms with Gasteiger partial charge in [-0.3, -0.25) is 0 Å². The molecule has 1 saturated heterocycles. The Bertz CT molecular complexity index is 129. The maximum absolute atomic E-state index is 9.07. The highest BCUT2D eigenvalue weighted by molar-refractivity contribution is 5.08. The van der Waals surface area contributed by atoms with Gasteiger partial charge in [-0.05, 0) is 25.8 Å². The van der Waals surface area contributed by atoms with Crippen molar-refractivity contribution in [1.82, 2.24) is 0 Å². The predicted octanol–water partition coefficient (Wildman–Crippen LogP) is 1.06. The summed E-state index contributed by atoms with van der Waals surface area (Å²) in [4.78, 5) is 0. The number of aliphatic hydroxyl groups is 1. The summed E-state index contributed by atoms with van der Waals surface area (Å²) < 4.78 is 5.05. The molecule has 0 radical (unpaired) electrons. The largest absolute Gasteiger partial charge is 0.364 e. The van der Waals surface area contributed by atoms with E-state index in [1.807, 2.05) is 19.9 Å². The predicted molar refractivity (Wildman–Crippen MR) is 34.9 cm³/mol. The van der Waals surface area contributed by atoms with Crippen LogP contribution in [0.3, 0.4) is 0 Å². The molecule has 1 aliphatic heterocycles. The second-order valence-electron chi connectivity index (χ2n) is 2.37. The molecule has 1 N–H and O–H groups in total. The highest BCUT2D eigenvalue weighted by Gasteiger charge is 2.23. The molecule has 0 aliphatic carbocycles. The van der Waals surface area contributed by atoms with Crippen molar-refractivity contribution in [3.05, 3.63) is 11.6 Å². The van der Waals surface area contributed by atoms with E-state index in [-0.39, 0.29) is 6.10 Å². The number of ether oxygens (including phenoxy) is 1. The Morgan fingerprint density at radius 2 is 2.44 bits per heavy atom. The number of allylic oxidation sites excluding steroid dienone is 1. The van der Waals surface area contributed by atoms with E-state index >= 15 is 0 Å². The molecule has 1 rings (SSSR count). The first-order chi connectivity index (χ1) is 4.24. The molecule has 52 valence electrons. The minimum absolute atomic E-state index is 0.186. The zero-order valence-corrected chi connectivity index (χ0v) is 5.79. The second kappa shape index (κ2) is 2.50. The third-order valence-electron chi connectivity index (χ3n) is 1.57. The van der Waals surface area contributed by atoms with E-state index in [4.69, 9.17) is 9.84 Å². The van der Waals surface area contributed by atoms with Crippen LogP contribution >= 0.6 is 0 Å². The van der Waals surface area contributed by atoms with Gasteiger partial charge in [0.15, 0.2) is 6.29 Å². The standard InChI is InChI=1S/C7H12O2/c1-3-6-4-5(2)9-7(6)8/h3,5,7-8H,4H2,1-2H3/b6-3-. The van der Waals surface area contributed by atoms with E-state index in [2.05, 4.69) is 0 Å². The van der Waals surface area contributed by atoms with Gasteiger partial charge in [-0.2, -0.15) is 0 Å². The lowest BCUT2D eigenvalue weighted by atomic mass is 10.1. The van der Waals surface area contributed by atoms with Crippen molar-refractivity contribution in [3.63, 3.8) is 0 Å². The molecule has 1 heterocycles. The van der Waals surface area contributed by atoms with Gasteiger partial charge in [0.05, 0.1) is 6.10 Å². The average molecular weight is 128 g/mol. The third-order valence-corrected chi connectivity index (χ3v) is 1.57. The number of hydrogen-bond donors (Lipinski definition) is 1. The highest BCUT2D eigenvalue weighted by atomic mass is 16.6. The van der Waals surface area contributed by atoms with Crippen molar-refractivity contribution in [2.24, 2.45) is 0 Å². The van der Waals surface area contributed by atoms with Crippen LogP contribution in [0, 0.1) is 0 Å². The maximum atomic E-state index is 9.07. The number of rotatable bonds is 0. The molecule has 0 spiro atoms. The van der Waals surface area contributed by atoms with Crippen molar-refractivity contribution in [2.45, 2.75) is 32.7 Å². The molecule has 0 aromatic carbocycles. The first-order valence-corrected chi connectivity index (χ1v) is 3.22. The van der Waals surface area contributed by atoms with Gasteiger partial charge in [0.2, 0.25) is 0 Å². The SMILES string of the molecule is C/C=C1/CC(C)OC1O. The maximum Gasteiger partial charge on any atom is 0.177 e. The molecule has 2 heteroatoms. The molecule has 1 aliphatic rings. The van der Waals surface area contributed by atoms with Crippen LogP contribution in [-0.2, 0) is 4.74 Å². The first kappa shape index (κ1) is 6.78. The molecule has 0 saturated carbocycles. The van der Waals surface area contributed by atoms with Crippen molar-refractivity contribution in [1.29, 1.82) is 0 Å². The van der Waals surface area contributed by atoms with Crippen LogP contribution < -0.4 is 0 Å². The normalized spacial score (nSPS) is 40.1. The van der Waals surface area contributed by atoms with Crippen LogP contribution in [0.2, 0.25) is 0 Å². The van der Waals surface area contributed by atoms with Crippen molar-refractivity contribution >= 4 is 0 Å². The zero-order valence-electron chi connectivity index (χ0n) is 5.79. The minimum atomic E-state index is -0.634. The van der Waals surface area contributed by atoms with Gasteiger partial charge in [0.1, 0.15) is 0 Å². The van der Waals surface area contributed by atoms with Crippen molar-refractivity contribution < 1.29 is 9.84 Å². The van der Waals surface area contributed by atoms with Crippen LogP contribution in [0.5, 0.6) is 0 Å². The Hall–Kier alpha value is -0.340. The van der Waals surface area contributed by atoms with Gasteiger partial charge in [-0.1, -0.05) is 6.08 Å². The molecular weight excluding hydrogens is 116 g/mol. The summed E-state index contributed by atoms with van der Waals surface area (Å²) in [5, 5.41) is 9.07. The van der Waals surface area contributed by atoms with Crippen LogP contribution in [-0.4, -0.2) is 17.5 Å². The zero-order chi connectivity index (χ0) is 6.85. The Balaban J connectivity index is 2.58. The van der Waals surface area contributed by atoms with Gasteiger partial charge in [-0.15, -0.1) is 0 Å². The Labute approximate surface area is 55.1 Å². The molecule has 9 heavy (non-hydrogen) atoms. The molecule has 0 bridgehead atoms. The van der Waals surface area contributed by atoms with E-state index in [1.165, 1.54) is 0 Å². The van der Waals surface area contributed by atoms with E-state index in [1.54, 1.807) is 0 Å². The smallest absolute Gasteiger partial charge is 0.177 e. The van der Waals surface area contributed by atoms with Gasteiger partial charge in [-0.25, -0.2) is 0 Å². The molecule has 0 aromatic heterocycles. The molecule has 0 aromatic rings. The summed E-state index contributed by atoms with van der Waals surface area (Å²) in [6.07, 6.45) is 2.34. The van der Waals surface area contributed by atoms with Crippen molar-refractivity contribution in [2.75, 3.05) is 0 Å². The fourth-order valence-corrected chi connectivity index (χ4v) is 1.05.